The minimum absolute atomic E-state index is 0.342. The lowest BCUT2D eigenvalue weighted by atomic mass is 10.2. The van der Waals surface area contributed by atoms with Gasteiger partial charge < -0.3 is 16.0 Å². The van der Waals surface area contributed by atoms with E-state index in [1.807, 2.05) is 12.1 Å². The standard InChI is InChI=1S/C11H16N4S/c1-15-6-4-8(7-15)14-9-3-2-5-13-10(9)11(12)16/h2-3,5,8,14H,4,6-7H2,1H3,(H2,12,16). The Balaban J connectivity index is 2.12. The monoisotopic (exact) mass is 236 g/mol. The molecule has 1 aromatic heterocycles. The minimum atomic E-state index is 0.342. The van der Waals surface area contributed by atoms with Crippen molar-refractivity contribution in [1.29, 1.82) is 0 Å². The first kappa shape index (κ1) is 11.3. The van der Waals surface area contributed by atoms with Crippen LogP contribution in [0.25, 0.3) is 0 Å². The van der Waals surface area contributed by atoms with E-state index in [4.69, 9.17) is 18.0 Å². The Morgan fingerprint density at radius 2 is 2.50 bits per heavy atom. The number of aromatic nitrogens is 1. The van der Waals surface area contributed by atoms with E-state index in [0.29, 0.717) is 16.7 Å². The third-order valence-electron chi connectivity index (χ3n) is 2.79. The third kappa shape index (κ3) is 2.48. The molecule has 0 radical (unpaired) electrons. The van der Waals surface area contributed by atoms with E-state index in [1.54, 1.807) is 6.20 Å². The summed E-state index contributed by atoms with van der Waals surface area (Å²) in [5.41, 5.74) is 7.26. The molecule has 5 heteroatoms. The highest BCUT2D eigenvalue weighted by Gasteiger charge is 2.20. The number of anilines is 1. The highest BCUT2D eigenvalue weighted by Crippen LogP contribution is 2.17. The average molecular weight is 236 g/mol. The smallest absolute Gasteiger partial charge is 0.124 e. The fourth-order valence-electron chi connectivity index (χ4n) is 1.99. The summed E-state index contributed by atoms with van der Waals surface area (Å²) in [5, 5.41) is 3.45. The second kappa shape index (κ2) is 4.76. The van der Waals surface area contributed by atoms with Gasteiger partial charge in [0.25, 0.3) is 0 Å². The Kier molecular flexibility index (Phi) is 3.36. The Bertz CT molecular complexity index is 393. The molecule has 0 spiro atoms. The van der Waals surface area contributed by atoms with Gasteiger partial charge in [0.1, 0.15) is 10.7 Å². The largest absolute Gasteiger partial charge is 0.388 e. The minimum Gasteiger partial charge on any atom is -0.388 e. The number of likely N-dealkylation sites (tertiary alicyclic amines) is 1. The molecule has 2 heterocycles. The highest BCUT2D eigenvalue weighted by molar-refractivity contribution is 7.80. The summed E-state index contributed by atoms with van der Waals surface area (Å²) in [5.74, 6) is 0. The normalized spacial score (nSPS) is 20.9. The number of likely N-dealkylation sites (N-methyl/N-ethyl adjacent to an activating group) is 1. The molecular weight excluding hydrogens is 220 g/mol. The van der Waals surface area contributed by atoms with Crippen molar-refractivity contribution >= 4 is 22.9 Å². The second-order valence-corrected chi connectivity index (χ2v) is 4.60. The lowest BCUT2D eigenvalue weighted by molar-refractivity contribution is 0.414. The average Bonchev–Trinajstić information content (AvgIpc) is 2.64. The Labute approximate surface area is 101 Å². The summed E-state index contributed by atoms with van der Waals surface area (Å²) >= 11 is 4.98. The predicted octanol–water partition coefficient (Wildman–Crippen LogP) is 0.832. The molecular formula is C11H16N4S. The van der Waals surface area contributed by atoms with Crippen LogP contribution in [0.5, 0.6) is 0 Å². The maximum atomic E-state index is 5.63. The molecule has 1 unspecified atom stereocenters. The summed E-state index contributed by atoms with van der Waals surface area (Å²) < 4.78 is 0. The van der Waals surface area contributed by atoms with Crippen molar-refractivity contribution in [2.45, 2.75) is 12.5 Å². The molecule has 1 aromatic rings. The molecule has 1 fully saturated rings. The number of thiocarbonyl (C=S) groups is 1. The van der Waals surface area contributed by atoms with Crippen LogP contribution in [0.1, 0.15) is 12.1 Å². The van der Waals surface area contributed by atoms with Crippen LogP contribution in [0.15, 0.2) is 18.3 Å². The van der Waals surface area contributed by atoms with E-state index < -0.39 is 0 Å². The molecule has 1 atom stereocenters. The van der Waals surface area contributed by atoms with Gasteiger partial charge in [-0.25, -0.2) is 0 Å². The van der Waals surface area contributed by atoms with Crippen molar-refractivity contribution in [1.82, 2.24) is 9.88 Å². The van der Waals surface area contributed by atoms with Crippen LogP contribution >= 0.6 is 12.2 Å². The van der Waals surface area contributed by atoms with E-state index in [9.17, 15) is 0 Å². The maximum absolute atomic E-state index is 5.63. The lowest BCUT2D eigenvalue weighted by Crippen LogP contribution is -2.25. The van der Waals surface area contributed by atoms with Crippen LogP contribution in [0.4, 0.5) is 5.69 Å². The van der Waals surface area contributed by atoms with Crippen LogP contribution < -0.4 is 11.1 Å². The van der Waals surface area contributed by atoms with E-state index >= 15 is 0 Å². The lowest BCUT2D eigenvalue weighted by Gasteiger charge is -2.16. The third-order valence-corrected chi connectivity index (χ3v) is 2.99. The molecule has 1 aliphatic rings. The van der Waals surface area contributed by atoms with Gasteiger partial charge in [0, 0.05) is 18.8 Å². The van der Waals surface area contributed by atoms with E-state index in [2.05, 4.69) is 22.2 Å². The van der Waals surface area contributed by atoms with Crippen molar-refractivity contribution in [2.24, 2.45) is 5.73 Å². The molecule has 86 valence electrons. The quantitative estimate of drug-likeness (QED) is 0.761. The molecule has 0 bridgehead atoms. The molecule has 2 rings (SSSR count). The number of hydrogen-bond donors (Lipinski definition) is 2. The van der Waals surface area contributed by atoms with Crippen LogP contribution in [0.2, 0.25) is 0 Å². The van der Waals surface area contributed by atoms with Crippen molar-refractivity contribution in [3.8, 4) is 0 Å². The summed E-state index contributed by atoms with van der Waals surface area (Å²) in [7, 11) is 2.12. The number of rotatable bonds is 3. The van der Waals surface area contributed by atoms with Gasteiger partial charge in [-0.2, -0.15) is 0 Å². The van der Waals surface area contributed by atoms with E-state index in [1.165, 1.54) is 0 Å². The zero-order valence-corrected chi connectivity index (χ0v) is 10.1. The number of nitrogens with one attached hydrogen (secondary N) is 1. The summed E-state index contributed by atoms with van der Waals surface area (Å²) in [4.78, 5) is 6.84. The van der Waals surface area contributed by atoms with E-state index in [0.717, 1.165) is 25.2 Å². The number of pyridine rings is 1. The Morgan fingerprint density at radius 3 is 3.12 bits per heavy atom. The maximum Gasteiger partial charge on any atom is 0.124 e. The fraction of sp³-hybridized carbons (Fsp3) is 0.455. The number of nitrogens with zero attached hydrogens (tertiary/aromatic N) is 2. The first-order valence-corrected chi connectivity index (χ1v) is 5.77. The molecule has 16 heavy (non-hydrogen) atoms. The van der Waals surface area contributed by atoms with Crippen molar-refractivity contribution < 1.29 is 0 Å². The molecule has 3 N–H and O–H groups in total. The molecule has 4 nitrogen and oxygen atoms in total. The Morgan fingerprint density at radius 1 is 1.69 bits per heavy atom. The highest BCUT2D eigenvalue weighted by atomic mass is 32.1. The molecule has 0 aromatic carbocycles. The molecule has 0 saturated carbocycles. The fourth-order valence-corrected chi connectivity index (χ4v) is 2.15. The SMILES string of the molecule is CN1CCC(Nc2cccnc2C(N)=S)C1. The van der Waals surface area contributed by atoms with Crippen molar-refractivity contribution in [3.05, 3.63) is 24.0 Å². The first-order chi connectivity index (χ1) is 7.66. The van der Waals surface area contributed by atoms with Gasteiger partial charge in [0.15, 0.2) is 0 Å². The van der Waals surface area contributed by atoms with Crippen LogP contribution in [0.3, 0.4) is 0 Å². The van der Waals surface area contributed by atoms with Gasteiger partial charge in [-0.05, 0) is 32.1 Å². The van der Waals surface area contributed by atoms with Gasteiger partial charge in [0.05, 0.1) is 5.69 Å². The zero-order chi connectivity index (χ0) is 11.5. The van der Waals surface area contributed by atoms with Crippen LogP contribution in [0, 0.1) is 0 Å². The molecule has 0 aliphatic carbocycles. The second-order valence-electron chi connectivity index (χ2n) is 4.16. The molecule has 0 amide bonds. The Hall–Kier alpha value is -1.20. The summed E-state index contributed by atoms with van der Waals surface area (Å²) in [6, 6.07) is 4.32. The number of nitrogens with two attached hydrogens (primary N) is 1. The topological polar surface area (TPSA) is 54.2 Å². The van der Waals surface area contributed by atoms with E-state index in [-0.39, 0.29) is 0 Å². The predicted molar refractivity (Wildman–Crippen MR) is 69.6 cm³/mol. The summed E-state index contributed by atoms with van der Waals surface area (Å²) in [6.07, 6.45) is 2.85. The van der Waals surface area contributed by atoms with Crippen molar-refractivity contribution in [2.75, 3.05) is 25.5 Å². The molecule has 1 aliphatic heterocycles. The van der Waals surface area contributed by atoms with Gasteiger partial charge >= 0.3 is 0 Å². The van der Waals surface area contributed by atoms with Gasteiger partial charge in [-0.1, -0.05) is 12.2 Å². The van der Waals surface area contributed by atoms with Gasteiger partial charge in [0.2, 0.25) is 0 Å². The van der Waals surface area contributed by atoms with Gasteiger partial charge in [-0.3, -0.25) is 4.98 Å². The number of hydrogen-bond acceptors (Lipinski definition) is 4. The zero-order valence-electron chi connectivity index (χ0n) is 9.31. The van der Waals surface area contributed by atoms with Crippen molar-refractivity contribution in [3.63, 3.8) is 0 Å². The molecule has 1 saturated heterocycles. The van der Waals surface area contributed by atoms with Gasteiger partial charge in [-0.15, -0.1) is 0 Å². The van der Waals surface area contributed by atoms with Crippen LogP contribution in [-0.4, -0.2) is 41.1 Å². The van der Waals surface area contributed by atoms with Crippen LogP contribution in [-0.2, 0) is 0 Å². The summed E-state index contributed by atoms with van der Waals surface area (Å²) in [6.45, 7) is 2.17. The first-order valence-electron chi connectivity index (χ1n) is 5.36.